The third-order valence-corrected chi connectivity index (χ3v) is 4.89. The van der Waals surface area contributed by atoms with Crippen LogP contribution in [-0.2, 0) is 9.59 Å². The first-order chi connectivity index (χ1) is 12.9. The first-order valence-corrected chi connectivity index (χ1v) is 9.48. The number of halogens is 1. The van der Waals surface area contributed by atoms with Gasteiger partial charge in [-0.05, 0) is 31.4 Å². The molecule has 7 heteroatoms. The Balaban J connectivity index is 1.95. The van der Waals surface area contributed by atoms with E-state index < -0.39 is 11.7 Å². The summed E-state index contributed by atoms with van der Waals surface area (Å²) in [5, 5.41) is 2.82. The molecule has 0 saturated carbocycles. The highest BCUT2D eigenvalue weighted by molar-refractivity contribution is 5.99. The molecule has 0 aliphatic carbocycles. The second-order valence-electron chi connectivity index (χ2n) is 7.06. The molecule has 2 atom stereocenters. The quantitative estimate of drug-likeness (QED) is 0.677. The first kappa shape index (κ1) is 21.0. The van der Waals surface area contributed by atoms with Gasteiger partial charge in [-0.25, -0.2) is 4.39 Å². The minimum atomic E-state index is -0.534. The number of piperidine rings is 1. The van der Waals surface area contributed by atoms with E-state index in [4.69, 9.17) is 5.73 Å². The van der Waals surface area contributed by atoms with Crippen LogP contribution >= 0.6 is 0 Å². The van der Waals surface area contributed by atoms with E-state index in [2.05, 4.69) is 5.32 Å². The van der Waals surface area contributed by atoms with Crippen LogP contribution in [0.1, 0.15) is 49.4 Å². The Bertz CT molecular complexity index is 680. The van der Waals surface area contributed by atoms with Crippen LogP contribution in [0.15, 0.2) is 24.3 Å². The van der Waals surface area contributed by atoms with E-state index in [9.17, 15) is 18.8 Å². The lowest BCUT2D eigenvalue weighted by Crippen LogP contribution is -2.50. The summed E-state index contributed by atoms with van der Waals surface area (Å²) < 4.78 is 13.3. The zero-order chi connectivity index (χ0) is 19.8. The van der Waals surface area contributed by atoms with Crippen LogP contribution in [0.4, 0.5) is 4.39 Å². The fourth-order valence-corrected chi connectivity index (χ4v) is 3.39. The molecule has 1 aromatic carbocycles. The van der Waals surface area contributed by atoms with Crippen LogP contribution in [0.25, 0.3) is 0 Å². The van der Waals surface area contributed by atoms with Crippen LogP contribution in [0, 0.1) is 11.7 Å². The smallest absolute Gasteiger partial charge is 0.223 e. The summed E-state index contributed by atoms with van der Waals surface area (Å²) in [4.78, 5) is 38.6. The molecule has 0 radical (unpaired) electrons. The predicted molar refractivity (Wildman–Crippen MR) is 101 cm³/mol. The van der Waals surface area contributed by atoms with Gasteiger partial charge in [0.2, 0.25) is 11.8 Å². The molecule has 2 rings (SSSR count). The van der Waals surface area contributed by atoms with E-state index in [-0.39, 0.29) is 42.0 Å². The monoisotopic (exact) mass is 377 g/mol. The molecule has 3 N–H and O–H groups in total. The molecular formula is C20H28FN3O3. The average molecular weight is 377 g/mol. The van der Waals surface area contributed by atoms with Crippen molar-refractivity contribution in [2.75, 3.05) is 19.6 Å². The number of nitrogens with zero attached hydrogens (tertiary/aromatic N) is 1. The molecule has 1 aliphatic heterocycles. The van der Waals surface area contributed by atoms with Gasteiger partial charge in [-0.2, -0.15) is 0 Å². The van der Waals surface area contributed by atoms with Crippen molar-refractivity contribution < 1.29 is 18.8 Å². The van der Waals surface area contributed by atoms with E-state index in [0.29, 0.717) is 19.6 Å². The molecule has 1 aromatic rings. The molecule has 6 nitrogen and oxygen atoms in total. The van der Waals surface area contributed by atoms with Crippen LogP contribution in [0.3, 0.4) is 0 Å². The van der Waals surface area contributed by atoms with E-state index in [1.165, 1.54) is 18.2 Å². The molecule has 2 amide bonds. The second kappa shape index (κ2) is 10.2. The number of Topliss-reactive ketones (excluding diaryl/α,β-unsaturated/α-hetero) is 1. The lowest BCUT2D eigenvalue weighted by molar-refractivity contribution is -0.136. The summed E-state index contributed by atoms with van der Waals surface area (Å²) >= 11 is 0. The number of ketones is 1. The van der Waals surface area contributed by atoms with Crippen molar-refractivity contribution in [3.8, 4) is 0 Å². The van der Waals surface area contributed by atoms with Crippen LogP contribution in [-0.4, -0.2) is 48.2 Å². The van der Waals surface area contributed by atoms with Gasteiger partial charge in [-0.3, -0.25) is 14.4 Å². The Kier molecular flexibility index (Phi) is 7.91. The Morgan fingerprint density at radius 1 is 1.33 bits per heavy atom. The van der Waals surface area contributed by atoms with Gasteiger partial charge in [0.25, 0.3) is 0 Å². The van der Waals surface area contributed by atoms with E-state index in [0.717, 1.165) is 19.3 Å². The molecule has 148 valence electrons. The van der Waals surface area contributed by atoms with Crippen LogP contribution in [0.2, 0.25) is 0 Å². The van der Waals surface area contributed by atoms with E-state index in [1.807, 2.05) is 0 Å². The number of nitrogens with two attached hydrogens (primary N) is 1. The van der Waals surface area contributed by atoms with Crippen molar-refractivity contribution >= 4 is 17.6 Å². The zero-order valence-corrected chi connectivity index (χ0v) is 15.7. The predicted octanol–water partition coefficient (Wildman–Crippen LogP) is 1.88. The summed E-state index contributed by atoms with van der Waals surface area (Å²) in [7, 11) is 0. The number of nitrogens with one attached hydrogen (secondary N) is 1. The lowest BCUT2D eigenvalue weighted by Gasteiger charge is -2.36. The lowest BCUT2D eigenvalue weighted by atomic mass is 9.94. The average Bonchev–Trinajstić information content (AvgIpc) is 2.66. The summed E-state index contributed by atoms with van der Waals surface area (Å²) in [6, 6.07) is 5.46. The Morgan fingerprint density at radius 3 is 2.81 bits per heavy atom. The number of hydrogen-bond acceptors (Lipinski definition) is 4. The summed E-state index contributed by atoms with van der Waals surface area (Å²) in [5.74, 6) is -1.47. The number of hydrogen-bond donors (Lipinski definition) is 2. The fourth-order valence-electron chi connectivity index (χ4n) is 3.39. The standard InChI is InChI=1S/C20H28FN3O3/c1-14(20(27)15-5-4-6-16(21)12-15)11-19(26)24-10-3-2-7-17(24)13-23-18(25)8-9-22/h4-6,12,14,17H,2-3,7-11,13,22H2,1H3,(H,23,25). The largest absolute Gasteiger partial charge is 0.354 e. The Hall–Kier alpha value is -2.28. The molecular weight excluding hydrogens is 349 g/mol. The second-order valence-corrected chi connectivity index (χ2v) is 7.06. The van der Waals surface area contributed by atoms with Gasteiger partial charge in [-0.15, -0.1) is 0 Å². The molecule has 1 saturated heterocycles. The van der Waals surface area contributed by atoms with Gasteiger partial charge >= 0.3 is 0 Å². The normalized spacial score (nSPS) is 18.0. The molecule has 0 aromatic heterocycles. The third-order valence-electron chi connectivity index (χ3n) is 4.89. The zero-order valence-electron chi connectivity index (χ0n) is 15.7. The number of carbonyl (C=O) groups excluding carboxylic acids is 3. The van der Waals surface area contributed by atoms with Gasteiger partial charge in [0.1, 0.15) is 5.82 Å². The van der Waals surface area contributed by atoms with Gasteiger partial charge in [0.15, 0.2) is 5.78 Å². The van der Waals surface area contributed by atoms with Crippen molar-refractivity contribution in [2.45, 2.75) is 45.1 Å². The van der Waals surface area contributed by atoms with Crippen LogP contribution in [0.5, 0.6) is 0 Å². The highest BCUT2D eigenvalue weighted by Crippen LogP contribution is 2.21. The fraction of sp³-hybridized carbons (Fsp3) is 0.550. The maximum Gasteiger partial charge on any atom is 0.223 e. The molecule has 27 heavy (non-hydrogen) atoms. The summed E-state index contributed by atoms with van der Waals surface area (Å²) in [6.45, 7) is 3.00. The molecule has 2 unspecified atom stereocenters. The van der Waals surface area contributed by atoms with Gasteiger partial charge in [0.05, 0.1) is 0 Å². The minimum absolute atomic E-state index is 0.0653. The molecule has 1 aliphatic rings. The highest BCUT2D eigenvalue weighted by Gasteiger charge is 2.29. The van der Waals surface area contributed by atoms with E-state index in [1.54, 1.807) is 17.9 Å². The highest BCUT2D eigenvalue weighted by atomic mass is 19.1. The van der Waals surface area contributed by atoms with Gasteiger partial charge in [-0.1, -0.05) is 19.1 Å². The Labute approximate surface area is 159 Å². The van der Waals surface area contributed by atoms with Gasteiger partial charge < -0.3 is 16.0 Å². The third kappa shape index (κ3) is 6.13. The van der Waals surface area contributed by atoms with Crippen molar-refractivity contribution in [1.29, 1.82) is 0 Å². The van der Waals surface area contributed by atoms with Crippen molar-refractivity contribution in [1.82, 2.24) is 10.2 Å². The van der Waals surface area contributed by atoms with Crippen molar-refractivity contribution in [2.24, 2.45) is 11.7 Å². The topological polar surface area (TPSA) is 92.5 Å². The minimum Gasteiger partial charge on any atom is -0.354 e. The number of amides is 2. The molecule has 1 fully saturated rings. The molecule has 0 spiro atoms. The summed E-state index contributed by atoms with van der Waals surface area (Å²) in [6.07, 6.45) is 3.06. The van der Waals surface area contributed by atoms with Crippen LogP contribution < -0.4 is 11.1 Å². The first-order valence-electron chi connectivity index (χ1n) is 9.48. The van der Waals surface area contributed by atoms with Crippen molar-refractivity contribution in [3.05, 3.63) is 35.6 Å². The number of carbonyl (C=O) groups is 3. The Morgan fingerprint density at radius 2 is 2.11 bits per heavy atom. The number of rotatable bonds is 8. The molecule has 1 heterocycles. The summed E-state index contributed by atoms with van der Waals surface area (Å²) in [5.41, 5.74) is 5.65. The maximum absolute atomic E-state index is 13.3. The SMILES string of the molecule is CC(CC(=O)N1CCCCC1CNC(=O)CCN)C(=O)c1cccc(F)c1. The number of benzene rings is 1. The maximum atomic E-state index is 13.3. The van der Waals surface area contributed by atoms with E-state index >= 15 is 0 Å². The van der Waals surface area contributed by atoms with Crippen molar-refractivity contribution in [3.63, 3.8) is 0 Å². The molecule has 0 bridgehead atoms. The number of likely N-dealkylation sites (tertiary alicyclic amines) is 1. The van der Waals surface area contributed by atoms with Gasteiger partial charge in [0, 0.05) is 50.0 Å².